The van der Waals surface area contributed by atoms with Gasteiger partial charge in [0.15, 0.2) is 11.6 Å². The van der Waals surface area contributed by atoms with E-state index in [0.29, 0.717) is 11.3 Å². The smallest absolute Gasteiger partial charge is 0.169 e. The summed E-state index contributed by atoms with van der Waals surface area (Å²) in [6.45, 7) is 6.35. The van der Waals surface area contributed by atoms with Crippen molar-refractivity contribution in [1.82, 2.24) is 0 Å². The van der Waals surface area contributed by atoms with E-state index < -0.39 is 0 Å². The molecule has 0 aromatic heterocycles. The molecule has 1 atom stereocenters. The molecule has 17 heavy (non-hydrogen) atoms. The van der Waals surface area contributed by atoms with Crippen molar-refractivity contribution in [2.45, 2.75) is 31.6 Å². The number of hydrogen-bond donors (Lipinski definition) is 1. The molecule has 2 nitrogen and oxygen atoms in total. The van der Waals surface area contributed by atoms with Crippen LogP contribution in [0.15, 0.2) is 18.2 Å². The monoisotopic (exact) mass is 257 g/mol. The molecule has 0 aliphatic heterocycles. The van der Waals surface area contributed by atoms with Crippen molar-refractivity contribution >= 4 is 11.8 Å². The zero-order valence-corrected chi connectivity index (χ0v) is 11.6. The summed E-state index contributed by atoms with van der Waals surface area (Å²) in [4.78, 5) is 0. The van der Waals surface area contributed by atoms with Crippen LogP contribution in [0.5, 0.6) is 5.75 Å². The minimum atomic E-state index is -0.350. The van der Waals surface area contributed by atoms with Gasteiger partial charge in [0.05, 0.1) is 7.11 Å². The van der Waals surface area contributed by atoms with E-state index in [9.17, 15) is 4.39 Å². The van der Waals surface area contributed by atoms with Gasteiger partial charge in [-0.05, 0) is 6.07 Å². The van der Waals surface area contributed by atoms with Crippen molar-refractivity contribution in [3.8, 4) is 5.75 Å². The Bertz CT molecular complexity index is 376. The van der Waals surface area contributed by atoms with Gasteiger partial charge in [0.2, 0.25) is 0 Å². The summed E-state index contributed by atoms with van der Waals surface area (Å²) in [7, 11) is 1.46. The lowest BCUT2D eigenvalue weighted by Crippen LogP contribution is -2.19. The van der Waals surface area contributed by atoms with Gasteiger partial charge < -0.3 is 10.5 Å². The Balaban J connectivity index is 2.79. The van der Waals surface area contributed by atoms with Crippen LogP contribution in [0.2, 0.25) is 0 Å². The van der Waals surface area contributed by atoms with Crippen LogP contribution in [-0.2, 0) is 0 Å². The molecule has 0 spiro atoms. The molecule has 1 aromatic carbocycles. The van der Waals surface area contributed by atoms with Crippen LogP contribution in [0.3, 0.4) is 0 Å². The Morgan fingerprint density at radius 1 is 1.41 bits per heavy atom. The van der Waals surface area contributed by atoms with Gasteiger partial charge in [-0.25, -0.2) is 4.39 Å². The Hall–Kier alpha value is -0.740. The zero-order chi connectivity index (χ0) is 13.1. The van der Waals surface area contributed by atoms with E-state index >= 15 is 0 Å². The van der Waals surface area contributed by atoms with Crippen molar-refractivity contribution < 1.29 is 9.13 Å². The average Bonchev–Trinajstić information content (AvgIpc) is 2.25. The first-order valence-corrected chi connectivity index (χ1v) is 6.55. The van der Waals surface area contributed by atoms with Gasteiger partial charge in [-0.15, -0.1) is 0 Å². The first-order chi connectivity index (χ1) is 7.85. The van der Waals surface area contributed by atoms with Crippen molar-refractivity contribution in [3.63, 3.8) is 0 Å². The predicted molar refractivity (Wildman–Crippen MR) is 72.1 cm³/mol. The number of benzene rings is 1. The lowest BCUT2D eigenvalue weighted by atomic mass is 10.1. The fraction of sp³-hybridized carbons (Fsp3) is 0.538. The number of rotatable bonds is 4. The number of hydrogen-bond acceptors (Lipinski definition) is 3. The number of methoxy groups -OCH3 is 1. The highest BCUT2D eigenvalue weighted by Crippen LogP contribution is 2.30. The van der Waals surface area contributed by atoms with Crippen LogP contribution >= 0.6 is 11.8 Å². The molecule has 0 fully saturated rings. The topological polar surface area (TPSA) is 35.2 Å². The standard InChI is InChI=1S/C13H20FNOS/c1-13(2,3)17-8-10(15)9-6-5-7-11(16-4)12(9)14/h5-7,10H,8,15H2,1-4H3. The maximum Gasteiger partial charge on any atom is 0.169 e. The number of thioether (sulfide) groups is 1. The Labute approximate surface area is 107 Å². The predicted octanol–water partition coefficient (Wildman–Crippen LogP) is 3.37. The van der Waals surface area contributed by atoms with E-state index in [2.05, 4.69) is 20.8 Å². The summed E-state index contributed by atoms with van der Waals surface area (Å²) in [5, 5.41) is 0. The summed E-state index contributed by atoms with van der Waals surface area (Å²) in [5.74, 6) is 0.587. The molecule has 1 unspecified atom stereocenters. The van der Waals surface area contributed by atoms with Crippen LogP contribution in [0.4, 0.5) is 4.39 Å². The van der Waals surface area contributed by atoms with E-state index in [1.165, 1.54) is 7.11 Å². The van der Waals surface area contributed by atoms with Crippen LogP contribution in [-0.4, -0.2) is 17.6 Å². The quantitative estimate of drug-likeness (QED) is 0.898. The molecule has 4 heteroatoms. The maximum absolute atomic E-state index is 13.9. The van der Waals surface area contributed by atoms with E-state index in [0.717, 1.165) is 0 Å². The normalized spacial score (nSPS) is 13.5. The minimum Gasteiger partial charge on any atom is -0.494 e. The Morgan fingerprint density at radius 3 is 2.59 bits per heavy atom. The summed E-state index contributed by atoms with van der Waals surface area (Å²) in [6.07, 6.45) is 0. The molecule has 0 amide bonds. The third-order valence-corrected chi connectivity index (χ3v) is 3.70. The fourth-order valence-electron chi connectivity index (χ4n) is 1.40. The number of ether oxygens (including phenoxy) is 1. The van der Waals surface area contributed by atoms with Gasteiger partial charge in [0.1, 0.15) is 0 Å². The van der Waals surface area contributed by atoms with Gasteiger partial charge in [-0.2, -0.15) is 11.8 Å². The van der Waals surface area contributed by atoms with E-state index in [-0.39, 0.29) is 22.4 Å². The SMILES string of the molecule is COc1cccc(C(N)CSC(C)(C)C)c1F. The first-order valence-electron chi connectivity index (χ1n) is 5.57. The molecule has 0 heterocycles. The molecule has 1 aromatic rings. The minimum absolute atomic E-state index is 0.132. The van der Waals surface area contributed by atoms with E-state index in [1.807, 2.05) is 0 Å². The average molecular weight is 257 g/mol. The third kappa shape index (κ3) is 4.21. The molecule has 2 N–H and O–H groups in total. The van der Waals surface area contributed by atoms with Crippen molar-refractivity contribution in [1.29, 1.82) is 0 Å². The van der Waals surface area contributed by atoms with Crippen LogP contribution < -0.4 is 10.5 Å². The van der Waals surface area contributed by atoms with Crippen molar-refractivity contribution in [2.24, 2.45) is 5.73 Å². The number of nitrogens with two attached hydrogens (primary N) is 1. The molecule has 1 rings (SSSR count). The van der Waals surface area contributed by atoms with Crippen LogP contribution in [0.25, 0.3) is 0 Å². The molecule has 0 radical (unpaired) electrons. The molecular weight excluding hydrogens is 237 g/mol. The maximum atomic E-state index is 13.9. The van der Waals surface area contributed by atoms with Gasteiger partial charge in [0.25, 0.3) is 0 Å². The lowest BCUT2D eigenvalue weighted by molar-refractivity contribution is 0.383. The summed E-state index contributed by atoms with van der Waals surface area (Å²) < 4.78 is 19.0. The molecular formula is C13H20FNOS. The van der Waals surface area contributed by atoms with Crippen molar-refractivity contribution in [3.05, 3.63) is 29.6 Å². The summed E-state index contributed by atoms with van der Waals surface area (Å²) in [6, 6.07) is 4.77. The molecule has 0 saturated heterocycles. The molecule has 0 aliphatic rings. The number of halogens is 1. The fourth-order valence-corrected chi connectivity index (χ4v) is 2.26. The molecule has 0 aliphatic carbocycles. The second kappa shape index (κ2) is 5.74. The second-order valence-electron chi connectivity index (χ2n) is 4.89. The van der Waals surface area contributed by atoms with Gasteiger partial charge in [-0.3, -0.25) is 0 Å². The summed E-state index contributed by atoms with van der Waals surface area (Å²) in [5.41, 5.74) is 6.53. The first kappa shape index (κ1) is 14.3. The van der Waals surface area contributed by atoms with Gasteiger partial charge in [-0.1, -0.05) is 32.9 Å². The highest BCUT2D eigenvalue weighted by molar-refractivity contribution is 8.00. The van der Waals surface area contributed by atoms with Crippen molar-refractivity contribution in [2.75, 3.05) is 12.9 Å². The highest BCUT2D eigenvalue weighted by Gasteiger charge is 2.18. The van der Waals surface area contributed by atoms with Crippen LogP contribution in [0, 0.1) is 5.82 Å². The summed E-state index contributed by atoms with van der Waals surface area (Å²) >= 11 is 1.73. The Kier molecular flexibility index (Phi) is 4.83. The molecule has 96 valence electrons. The molecule has 0 bridgehead atoms. The van der Waals surface area contributed by atoms with E-state index in [4.69, 9.17) is 10.5 Å². The third-order valence-electron chi connectivity index (χ3n) is 2.31. The molecule has 0 saturated carbocycles. The largest absolute Gasteiger partial charge is 0.494 e. The van der Waals surface area contributed by atoms with Gasteiger partial charge in [0, 0.05) is 22.1 Å². The van der Waals surface area contributed by atoms with E-state index in [1.54, 1.807) is 30.0 Å². The lowest BCUT2D eigenvalue weighted by Gasteiger charge is -2.21. The Morgan fingerprint density at radius 2 is 2.06 bits per heavy atom. The highest BCUT2D eigenvalue weighted by atomic mass is 32.2. The van der Waals surface area contributed by atoms with Crippen LogP contribution in [0.1, 0.15) is 32.4 Å². The van der Waals surface area contributed by atoms with Gasteiger partial charge >= 0.3 is 0 Å². The zero-order valence-electron chi connectivity index (χ0n) is 10.8. The second-order valence-corrected chi connectivity index (χ2v) is 6.74.